The predicted octanol–water partition coefficient (Wildman–Crippen LogP) is 4.66. The highest BCUT2D eigenvalue weighted by Gasteiger charge is 2.25. The average Bonchev–Trinajstić information content (AvgIpc) is 2.55. The van der Waals surface area contributed by atoms with Crippen molar-refractivity contribution in [3.8, 4) is 11.8 Å². The second-order valence-electron chi connectivity index (χ2n) is 5.41. The molecule has 0 spiro atoms. The lowest BCUT2D eigenvalue weighted by atomic mass is 9.90. The fourth-order valence-corrected chi connectivity index (χ4v) is 2.86. The first-order chi connectivity index (χ1) is 9.22. The molecule has 3 rings (SSSR count). The Labute approximate surface area is 115 Å². The summed E-state index contributed by atoms with van der Waals surface area (Å²) in [6.45, 7) is 4.06. The van der Waals surface area contributed by atoms with Crippen LogP contribution in [0, 0.1) is 17.3 Å². The smallest absolute Gasteiger partial charge is 0.0651 e. The largest absolute Gasteiger partial charge is 0.105 e. The second-order valence-corrected chi connectivity index (χ2v) is 5.41. The molecule has 0 aliphatic heterocycles. The molecule has 0 aromatic heterocycles. The van der Waals surface area contributed by atoms with Crippen molar-refractivity contribution >= 4 is 0 Å². The number of allylic oxidation sites excluding steroid dienone is 12. The quantitative estimate of drug-likeness (QED) is 0.545. The minimum absolute atomic E-state index is 0.135. The standard InChI is InChI=1S/C19H18/c1-3-11-19(2)12-9-16-14-15-7-5-4-6-8-17(15)18(16)10-13-19/h4,6-10,12-13H,5,14H2,1-2H3. The third kappa shape index (κ3) is 2.17. The fourth-order valence-electron chi connectivity index (χ4n) is 2.86. The number of rotatable bonds is 0. The van der Waals surface area contributed by atoms with Crippen LogP contribution in [0.5, 0.6) is 0 Å². The minimum Gasteiger partial charge on any atom is -0.105 e. The van der Waals surface area contributed by atoms with Crippen molar-refractivity contribution in [2.45, 2.75) is 26.7 Å². The Bertz CT molecular complexity index is 648. The Kier molecular flexibility index (Phi) is 2.91. The van der Waals surface area contributed by atoms with Gasteiger partial charge in [0.25, 0.3) is 0 Å². The molecule has 0 amide bonds. The summed E-state index contributed by atoms with van der Waals surface area (Å²) in [6.07, 6.45) is 20.0. The van der Waals surface area contributed by atoms with Gasteiger partial charge < -0.3 is 0 Å². The minimum atomic E-state index is -0.135. The van der Waals surface area contributed by atoms with Crippen molar-refractivity contribution in [3.05, 3.63) is 70.9 Å². The van der Waals surface area contributed by atoms with E-state index in [0.29, 0.717) is 0 Å². The van der Waals surface area contributed by atoms with Gasteiger partial charge in [-0.1, -0.05) is 54.5 Å². The molecular weight excluding hydrogens is 228 g/mol. The average molecular weight is 246 g/mol. The van der Waals surface area contributed by atoms with Gasteiger partial charge in [-0.15, -0.1) is 5.92 Å². The molecule has 0 saturated heterocycles. The van der Waals surface area contributed by atoms with E-state index in [-0.39, 0.29) is 5.41 Å². The van der Waals surface area contributed by atoms with Crippen LogP contribution in [0.25, 0.3) is 0 Å². The summed E-state index contributed by atoms with van der Waals surface area (Å²) in [5.41, 5.74) is 5.51. The highest BCUT2D eigenvalue weighted by atomic mass is 14.3. The molecule has 0 heterocycles. The summed E-state index contributed by atoms with van der Waals surface area (Å²) in [5.74, 6) is 6.31. The summed E-state index contributed by atoms with van der Waals surface area (Å²) in [6, 6.07) is 0. The van der Waals surface area contributed by atoms with Gasteiger partial charge in [0, 0.05) is 0 Å². The molecule has 19 heavy (non-hydrogen) atoms. The normalized spacial score (nSPS) is 27.7. The first-order valence-corrected chi connectivity index (χ1v) is 6.84. The molecule has 0 bridgehead atoms. The van der Waals surface area contributed by atoms with Gasteiger partial charge in [0.2, 0.25) is 0 Å². The Morgan fingerprint density at radius 2 is 2.05 bits per heavy atom. The van der Waals surface area contributed by atoms with E-state index in [4.69, 9.17) is 0 Å². The first kappa shape index (κ1) is 12.1. The SMILES string of the molecule is CC#CC1(C)C=CC2=C(C=C1)C1=CC=CCC=C1C2. The molecule has 0 radical (unpaired) electrons. The molecule has 1 unspecified atom stereocenters. The topological polar surface area (TPSA) is 0 Å². The Morgan fingerprint density at radius 3 is 2.89 bits per heavy atom. The van der Waals surface area contributed by atoms with E-state index in [9.17, 15) is 0 Å². The van der Waals surface area contributed by atoms with Gasteiger partial charge in [-0.3, -0.25) is 0 Å². The summed E-state index contributed by atoms with van der Waals surface area (Å²) in [4.78, 5) is 0. The van der Waals surface area contributed by atoms with Crippen LogP contribution < -0.4 is 0 Å². The van der Waals surface area contributed by atoms with Crippen LogP contribution in [0.15, 0.2) is 70.9 Å². The molecule has 0 nitrogen and oxygen atoms in total. The van der Waals surface area contributed by atoms with Gasteiger partial charge in [-0.25, -0.2) is 0 Å². The third-order valence-corrected chi connectivity index (χ3v) is 3.88. The van der Waals surface area contributed by atoms with Crippen molar-refractivity contribution in [2.24, 2.45) is 5.41 Å². The van der Waals surface area contributed by atoms with Crippen LogP contribution in [-0.4, -0.2) is 0 Å². The van der Waals surface area contributed by atoms with E-state index in [1.54, 1.807) is 0 Å². The van der Waals surface area contributed by atoms with Crippen molar-refractivity contribution in [2.75, 3.05) is 0 Å². The van der Waals surface area contributed by atoms with Crippen LogP contribution in [0.2, 0.25) is 0 Å². The first-order valence-electron chi connectivity index (χ1n) is 6.84. The van der Waals surface area contributed by atoms with E-state index in [0.717, 1.165) is 12.8 Å². The van der Waals surface area contributed by atoms with E-state index < -0.39 is 0 Å². The molecule has 3 aliphatic carbocycles. The fraction of sp³-hybridized carbons (Fsp3) is 0.263. The van der Waals surface area contributed by atoms with Gasteiger partial charge in [-0.05, 0) is 49.0 Å². The molecule has 94 valence electrons. The van der Waals surface area contributed by atoms with Gasteiger partial charge in [-0.2, -0.15) is 0 Å². The molecule has 0 fully saturated rings. The summed E-state index contributed by atoms with van der Waals surface area (Å²) >= 11 is 0. The maximum absolute atomic E-state index is 3.28. The maximum atomic E-state index is 3.28. The molecule has 0 N–H and O–H groups in total. The van der Waals surface area contributed by atoms with E-state index >= 15 is 0 Å². The van der Waals surface area contributed by atoms with E-state index in [2.05, 4.69) is 67.4 Å². The van der Waals surface area contributed by atoms with Crippen LogP contribution >= 0.6 is 0 Å². The van der Waals surface area contributed by atoms with Crippen LogP contribution in [0.1, 0.15) is 26.7 Å². The van der Waals surface area contributed by atoms with Gasteiger partial charge in [0.15, 0.2) is 0 Å². The lowest BCUT2D eigenvalue weighted by Gasteiger charge is -2.13. The van der Waals surface area contributed by atoms with Crippen LogP contribution in [-0.2, 0) is 0 Å². The van der Waals surface area contributed by atoms with Crippen molar-refractivity contribution in [1.29, 1.82) is 0 Å². The summed E-state index contributed by atoms with van der Waals surface area (Å²) in [5, 5.41) is 0. The van der Waals surface area contributed by atoms with Crippen molar-refractivity contribution < 1.29 is 0 Å². The number of fused-ring (bicyclic) bond motifs is 2. The highest BCUT2D eigenvalue weighted by molar-refractivity contribution is 5.66. The Hall–Kier alpha value is -2.00. The highest BCUT2D eigenvalue weighted by Crippen LogP contribution is 2.41. The van der Waals surface area contributed by atoms with Gasteiger partial charge >= 0.3 is 0 Å². The lowest BCUT2D eigenvalue weighted by Crippen LogP contribution is -2.05. The molecule has 0 heteroatoms. The van der Waals surface area contributed by atoms with E-state index in [1.807, 2.05) is 6.92 Å². The zero-order valence-corrected chi connectivity index (χ0v) is 11.5. The monoisotopic (exact) mass is 246 g/mol. The molecule has 1 atom stereocenters. The van der Waals surface area contributed by atoms with Crippen molar-refractivity contribution in [3.63, 3.8) is 0 Å². The van der Waals surface area contributed by atoms with Crippen LogP contribution in [0.4, 0.5) is 0 Å². The van der Waals surface area contributed by atoms with E-state index in [1.165, 1.54) is 22.3 Å². The Balaban J connectivity index is 2.04. The zero-order chi connectivity index (χ0) is 13.3. The Morgan fingerprint density at radius 1 is 1.21 bits per heavy atom. The molecule has 0 saturated carbocycles. The number of hydrogen-bond acceptors (Lipinski definition) is 0. The summed E-state index contributed by atoms with van der Waals surface area (Å²) < 4.78 is 0. The van der Waals surface area contributed by atoms with Crippen molar-refractivity contribution in [1.82, 2.24) is 0 Å². The van der Waals surface area contributed by atoms with Gasteiger partial charge in [0.1, 0.15) is 0 Å². The lowest BCUT2D eigenvalue weighted by molar-refractivity contribution is 0.749. The van der Waals surface area contributed by atoms with Crippen LogP contribution in [0.3, 0.4) is 0 Å². The molecular formula is C19H18. The predicted molar refractivity (Wildman–Crippen MR) is 81.4 cm³/mol. The second kappa shape index (κ2) is 4.59. The molecule has 3 aliphatic rings. The zero-order valence-electron chi connectivity index (χ0n) is 11.5. The number of hydrogen-bond donors (Lipinski definition) is 0. The molecule has 0 aromatic carbocycles. The third-order valence-electron chi connectivity index (χ3n) is 3.88. The maximum Gasteiger partial charge on any atom is 0.0651 e. The summed E-state index contributed by atoms with van der Waals surface area (Å²) in [7, 11) is 0. The van der Waals surface area contributed by atoms with Gasteiger partial charge in [0.05, 0.1) is 5.41 Å². The molecule has 0 aromatic rings.